The summed E-state index contributed by atoms with van der Waals surface area (Å²) in [6.45, 7) is 14.4. The Morgan fingerprint density at radius 1 is 1.04 bits per heavy atom. The molecular weight excluding hydrogens is 664 g/mol. The van der Waals surface area contributed by atoms with Crippen molar-refractivity contribution in [3.05, 3.63) is 35.9 Å². The number of nitrogens with two attached hydrogens (primary N) is 1. The molecule has 1 saturated heterocycles. The first-order valence-electron chi connectivity index (χ1n) is 18.7. The molecule has 1 aromatic carbocycles. The highest BCUT2D eigenvalue weighted by Crippen LogP contribution is 2.29. The standard InChI is InChI=1S/C36H61N5O7.C3H9N/c1-12-23(2)31(40(9)30(43)22-37-35(46)36(5,6)39(7)8)28(47-10)21-29(42)41-20-16-19-27(41)33(48-11)24(3)34(45)38-25(4)32(44)26-17-14-13-15-18-26;1-2-3-4/h13-15,17-18,23-25,27-28,31-33,44H,12,16,19-22H2,1-11H3,(H,37,46)(H,38,45);2-4H2,1H3. The lowest BCUT2D eigenvalue weighted by Gasteiger charge is -2.39. The molecule has 13 heteroatoms. The molecule has 8 atom stereocenters. The van der Waals surface area contributed by atoms with Crippen molar-refractivity contribution in [1.29, 1.82) is 0 Å². The Balaban J connectivity index is 0.00000320. The van der Waals surface area contributed by atoms with Crippen molar-refractivity contribution in [2.45, 2.75) is 123 Å². The predicted molar refractivity (Wildman–Crippen MR) is 205 cm³/mol. The van der Waals surface area contributed by atoms with Gasteiger partial charge in [-0.1, -0.05) is 64.4 Å². The summed E-state index contributed by atoms with van der Waals surface area (Å²) in [6.07, 6.45) is 1.29. The van der Waals surface area contributed by atoms with Crippen LogP contribution >= 0.6 is 0 Å². The van der Waals surface area contributed by atoms with Gasteiger partial charge in [0.2, 0.25) is 23.6 Å². The number of benzene rings is 1. The van der Waals surface area contributed by atoms with E-state index in [1.54, 1.807) is 77.8 Å². The third-order valence-electron chi connectivity index (χ3n) is 10.7. The lowest BCUT2D eigenvalue weighted by atomic mass is 9.90. The van der Waals surface area contributed by atoms with E-state index < -0.39 is 41.9 Å². The van der Waals surface area contributed by atoms with Crippen molar-refractivity contribution in [2.24, 2.45) is 17.6 Å². The average Bonchev–Trinajstić information content (AvgIpc) is 3.62. The molecule has 1 heterocycles. The number of nitrogens with one attached hydrogen (secondary N) is 2. The number of hydrogen-bond acceptors (Lipinski definition) is 9. The molecule has 5 N–H and O–H groups in total. The first kappa shape index (κ1) is 46.9. The smallest absolute Gasteiger partial charge is 0.242 e. The van der Waals surface area contributed by atoms with Gasteiger partial charge in [0.15, 0.2) is 0 Å². The molecule has 0 radical (unpaired) electrons. The molecule has 0 bridgehead atoms. The van der Waals surface area contributed by atoms with Crippen molar-refractivity contribution in [3.8, 4) is 0 Å². The normalized spacial score (nSPS) is 18.6. The zero-order valence-electron chi connectivity index (χ0n) is 34.0. The molecule has 298 valence electrons. The number of aliphatic hydroxyl groups is 1. The zero-order chi connectivity index (χ0) is 39.8. The van der Waals surface area contributed by atoms with Gasteiger partial charge in [0, 0.05) is 27.8 Å². The summed E-state index contributed by atoms with van der Waals surface area (Å²) in [6, 6.07) is 7.89. The minimum atomic E-state index is -0.872. The van der Waals surface area contributed by atoms with Gasteiger partial charge in [-0.25, -0.2) is 0 Å². The first-order valence-corrected chi connectivity index (χ1v) is 18.7. The molecule has 0 aromatic heterocycles. The Morgan fingerprint density at radius 3 is 2.13 bits per heavy atom. The van der Waals surface area contributed by atoms with Crippen LogP contribution in [-0.2, 0) is 28.7 Å². The number of carbonyl (C=O) groups is 4. The molecule has 1 aliphatic rings. The van der Waals surface area contributed by atoms with Crippen LogP contribution in [0.15, 0.2) is 30.3 Å². The highest BCUT2D eigenvalue weighted by molar-refractivity contribution is 5.89. The van der Waals surface area contributed by atoms with E-state index in [9.17, 15) is 24.3 Å². The maximum atomic E-state index is 14.0. The summed E-state index contributed by atoms with van der Waals surface area (Å²) in [4.78, 5) is 58.6. The number of aliphatic hydroxyl groups excluding tert-OH is 1. The molecule has 0 spiro atoms. The summed E-state index contributed by atoms with van der Waals surface area (Å²) >= 11 is 0. The highest BCUT2D eigenvalue weighted by Gasteiger charge is 2.42. The van der Waals surface area contributed by atoms with Crippen LogP contribution < -0.4 is 16.4 Å². The number of methoxy groups -OCH3 is 2. The number of carbonyl (C=O) groups excluding carboxylic acids is 4. The molecule has 52 heavy (non-hydrogen) atoms. The van der Waals surface area contributed by atoms with Crippen molar-refractivity contribution in [2.75, 3.05) is 55.0 Å². The van der Waals surface area contributed by atoms with E-state index in [0.717, 1.165) is 25.8 Å². The van der Waals surface area contributed by atoms with Crippen LogP contribution in [0.25, 0.3) is 0 Å². The summed E-state index contributed by atoms with van der Waals surface area (Å²) in [7, 11) is 8.40. The molecule has 8 unspecified atom stereocenters. The third-order valence-corrected chi connectivity index (χ3v) is 10.7. The fraction of sp³-hybridized carbons (Fsp3) is 0.744. The third kappa shape index (κ3) is 13.1. The van der Waals surface area contributed by atoms with Crippen LogP contribution in [0.4, 0.5) is 0 Å². The van der Waals surface area contributed by atoms with Gasteiger partial charge < -0.3 is 40.7 Å². The number of likely N-dealkylation sites (N-methyl/N-ethyl adjacent to an activating group) is 2. The van der Waals surface area contributed by atoms with E-state index in [-0.39, 0.29) is 48.6 Å². The van der Waals surface area contributed by atoms with Crippen molar-refractivity contribution in [3.63, 3.8) is 0 Å². The molecule has 0 aliphatic carbocycles. The Labute approximate surface area is 313 Å². The van der Waals surface area contributed by atoms with Crippen LogP contribution in [0.3, 0.4) is 0 Å². The Hall–Kier alpha value is -3.10. The van der Waals surface area contributed by atoms with Gasteiger partial charge in [0.1, 0.15) is 0 Å². The molecule has 0 saturated carbocycles. The Bertz CT molecular complexity index is 1230. The number of rotatable bonds is 19. The summed E-state index contributed by atoms with van der Waals surface area (Å²) in [5.41, 5.74) is 4.95. The molecule has 1 aliphatic heterocycles. The molecule has 13 nitrogen and oxygen atoms in total. The largest absolute Gasteiger partial charge is 0.386 e. The van der Waals surface area contributed by atoms with Gasteiger partial charge >= 0.3 is 0 Å². The Kier molecular flexibility index (Phi) is 20.6. The fourth-order valence-electron chi connectivity index (χ4n) is 6.40. The molecule has 2 rings (SSSR count). The molecule has 4 amide bonds. The fourth-order valence-corrected chi connectivity index (χ4v) is 6.40. The number of likely N-dealkylation sites (tertiary alicyclic amines) is 1. The summed E-state index contributed by atoms with van der Waals surface area (Å²) in [5, 5.41) is 16.5. The average molecular weight is 735 g/mol. The van der Waals surface area contributed by atoms with Gasteiger partial charge in [-0.2, -0.15) is 0 Å². The van der Waals surface area contributed by atoms with Crippen molar-refractivity contribution < 1.29 is 33.8 Å². The van der Waals surface area contributed by atoms with Crippen LogP contribution in [0.2, 0.25) is 0 Å². The van der Waals surface area contributed by atoms with Crippen LogP contribution in [0, 0.1) is 11.8 Å². The second-order valence-electron chi connectivity index (χ2n) is 14.7. The second kappa shape index (κ2) is 22.9. The minimum Gasteiger partial charge on any atom is -0.386 e. The van der Waals surface area contributed by atoms with Crippen molar-refractivity contribution in [1.82, 2.24) is 25.3 Å². The zero-order valence-corrected chi connectivity index (χ0v) is 34.0. The summed E-state index contributed by atoms with van der Waals surface area (Å²) < 4.78 is 11.8. The lowest BCUT2D eigenvalue weighted by molar-refractivity contribution is -0.146. The van der Waals surface area contributed by atoms with Gasteiger partial charge in [-0.3, -0.25) is 24.1 Å². The second-order valence-corrected chi connectivity index (χ2v) is 14.7. The van der Waals surface area contributed by atoms with Gasteiger partial charge in [0.05, 0.1) is 60.9 Å². The van der Waals surface area contributed by atoms with Gasteiger partial charge in [-0.05, 0) is 72.2 Å². The highest BCUT2D eigenvalue weighted by atomic mass is 16.5. The van der Waals surface area contributed by atoms with Crippen LogP contribution in [0.1, 0.15) is 92.2 Å². The van der Waals surface area contributed by atoms with E-state index in [4.69, 9.17) is 15.2 Å². The quantitative estimate of drug-likeness (QED) is 0.167. The van der Waals surface area contributed by atoms with Crippen LogP contribution in [0.5, 0.6) is 0 Å². The van der Waals surface area contributed by atoms with Crippen molar-refractivity contribution >= 4 is 23.6 Å². The van der Waals surface area contributed by atoms with E-state index >= 15 is 0 Å². The number of ether oxygens (including phenoxy) is 2. The first-order chi connectivity index (χ1) is 24.4. The van der Waals surface area contributed by atoms with Gasteiger partial charge in [-0.15, -0.1) is 0 Å². The molecule has 1 fully saturated rings. The SMILES string of the molecule is CCC(C)C(C(CC(=O)N1CCCC1C(OC)C(C)C(=O)NC(C)C(O)c1ccccc1)OC)N(C)C(=O)CNC(=O)C(C)(C)N(C)C.CCCN. The number of hydrogen-bond donors (Lipinski definition) is 4. The number of amides is 4. The maximum absolute atomic E-state index is 14.0. The van der Waals surface area contributed by atoms with E-state index in [1.807, 2.05) is 44.2 Å². The molecule has 1 aromatic rings. The van der Waals surface area contributed by atoms with Gasteiger partial charge in [0.25, 0.3) is 0 Å². The van der Waals surface area contributed by atoms with E-state index in [2.05, 4.69) is 17.6 Å². The monoisotopic (exact) mass is 735 g/mol. The van der Waals surface area contributed by atoms with E-state index in [0.29, 0.717) is 18.5 Å². The summed E-state index contributed by atoms with van der Waals surface area (Å²) in [5.74, 6) is -1.53. The Morgan fingerprint density at radius 2 is 1.63 bits per heavy atom. The topological polar surface area (TPSA) is 167 Å². The van der Waals surface area contributed by atoms with E-state index in [1.165, 1.54) is 0 Å². The number of nitrogens with zero attached hydrogens (tertiary/aromatic N) is 3. The maximum Gasteiger partial charge on any atom is 0.242 e. The van der Waals surface area contributed by atoms with Crippen LogP contribution in [-0.4, -0.2) is 134 Å². The lowest BCUT2D eigenvalue weighted by Crippen LogP contribution is -2.56. The minimum absolute atomic E-state index is 0.00339. The molecular formula is C39H70N6O7. The predicted octanol–water partition coefficient (Wildman–Crippen LogP) is 2.96.